The molecule has 5 rings (SSSR count). The van der Waals surface area contributed by atoms with E-state index in [9.17, 15) is 4.79 Å². The Bertz CT molecular complexity index is 847. The lowest BCUT2D eigenvalue weighted by atomic mass is 9.86. The van der Waals surface area contributed by atoms with Gasteiger partial charge in [-0.05, 0) is 37.3 Å². The number of carbonyl (C=O) groups excluding carboxylic acids is 1. The van der Waals surface area contributed by atoms with Gasteiger partial charge in [0.15, 0.2) is 0 Å². The van der Waals surface area contributed by atoms with Gasteiger partial charge in [-0.25, -0.2) is 4.98 Å². The molecule has 2 aromatic heterocycles. The van der Waals surface area contributed by atoms with Crippen molar-refractivity contribution >= 4 is 11.7 Å². The molecule has 7 nitrogen and oxygen atoms in total. The lowest BCUT2D eigenvalue weighted by Gasteiger charge is -2.35. The second-order valence-electron chi connectivity index (χ2n) is 9.05. The Hall–Kier alpha value is -2.44. The zero-order valence-electron chi connectivity index (χ0n) is 17.6. The van der Waals surface area contributed by atoms with Crippen LogP contribution in [0.25, 0.3) is 11.4 Å². The molecule has 2 saturated carbocycles. The average Bonchev–Trinajstić information content (AvgIpc) is 3.55. The fraction of sp³-hybridized carbons (Fsp3) is 0.652. The quantitative estimate of drug-likeness (QED) is 0.717. The predicted molar refractivity (Wildman–Crippen MR) is 114 cm³/mol. The first-order valence-electron chi connectivity index (χ1n) is 11.6. The second kappa shape index (κ2) is 8.74. The summed E-state index contributed by atoms with van der Waals surface area (Å²) in [6.45, 7) is 3.22. The van der Waals surface area contributed by atoms with E-state index in [0.29, 0.717) is 24.1 Å². The standard InChI is InChI=1S/C23H31N5O2/c29-21(11-6-17-4-2-1-3-5-17)28-14-12-27(13-15-28)20-10-9-19(16-24-20)22-25-23(30-26-22)18-7-8-18/h9-10,16-18H,1-8,11-15H2. The Morgan fingerprint density at radius 1 is 1.03 bits per heavy atom. The van der Waals surface area contributed by atoms with Crippen LogP contribution >= 0.6 is 0 Å². The summed E-state index contributed by atoms with van der Waals surface area (Å²) < 4.78 is 5.35. The molecule has 0 aromatic carbocycles. The number of hydrogen-bond donors (Lipinski definition) is 0. The molecular formula is C23H31N5O2. The number of anilines is 1. The van der Waals surface area contributed by atoms with Crippen LogP contribution in [0.2, 0.25) is 0 Å². The van der Waals surface area contributed by atoms with Crippen molar-refractivity contribution in [3.63, 3.8) is 0 Å². The van der Waals surface area contributed by atoms with Crippen LogP contribution in [0, 0.1) is 5.92 Å². The van der Waals surface area contributed by atoms with E-state index >= 15 is 0 Å². The smallest absolute Gasteiger partial charge is 0.230 e. The monoisotopic (exact) mass is 409 g/mol. The Balaban J connectivity index is 1.11. The van der Waals surface area contributed by atoms with Crippen LogP contribution in [0.1, 0.15) is 69.6 Å². The van der Waals surface area contributed by atoms with Crippen LogP contribution in [0.5, 0.6) is 0 Å². The van der Waals surface area contributed by atoms with E-state index in [0.717, 1.165) is 68.6 Å². The number of amides is 1. The molecular weight excluding hydrogens is 378 g/mol. The number of hydrogen-bond acceptors (Lipinski definition) is 6. The van der Waals surface area contributed by atoms with Crippen LogP contribution in [-0.2, 0) is 4.79 Å². The van der Waals surface area contributed by atoms with E-state index in [1.807, 2.05) is 23.2 Å². The Kier molecular flexibility index (Phi) is 5.69. The van der Waals surface area contributed by atoms with Crippen LogP contribution < -0.4 is 4.90 Å². The zero-order chi connectivity index (χ0) is 20.3. The summed E-state index contributed by atoms with van der Waals surface area (Å²) in [5.41, 5.74) is 0.880. The summed E-state index contributed by atoms with van der Waals surface area (Å²) in [6.07, 6.45) is 12.6. The van der Waals surface area contributed by atoms with E-state index < -0.39 is 0 Å². The number of rotatable bonds is 6. The fourth-order valence-corrected chi connectivity index (χ4v) is 4.70. The Morgan fingerprint density at radius 2 is 1.83 bits per heavy atom. The molecule has 0 radical (unpaired) electrons. The number of aromatic nitrogens is 3. The minimum atomic E-state index is 0.326. The molecule has 3 fully saturated rings. The van der Waals surface area contributed by atoms with Crippen molar-refractivity contribution in [1.82, 2.24) is 20.0 Å². The van der Waals surface area contributed by atoms with Crippen molar-refractivity contribution in [2.75, 3.05) is 31.1 Å². The molecule has 0 unspecified atom stereocenters. The molecule has 0 atom stereocenters. The Labute approximate surface area is 177 Å². The van der Waals surface area contributed by atoms with Gasteiger partial charge in [0, 0.05) is 50.3 Å². The van der Waals surface area contributed by atoms with Gasteiger partial charge in [-0.15, -0.1) is 0 Å². The van der Waals surface area contributed by atoms with Gasteiger partial charge >= 0.3 is 0 Å². The summed E-state index contributed by atoms with van der Waals surface area (Å²) in [6, 6.07) is 4.02. The molecule has 1 amide bonds. The largest absolute Gasteiger partial charge is 0.353 e. The van der Waals surface area contributed by atoms with Crippen molar-refractivity contribution < 1.29 is 9.32 Å². The van der Waals surface area contributed by atoms with Gasteiger partial charge in [0.1, 0.15) is 5.82 Å². The molecule has 160 valence electrons. The molecule has 1 aliphatic heterocycles. The summed E-state index contributed by atoms with van der Waals surface area (Å²) in [5, 5.41) is 4.09. The molecule has 0 N–H and O–H groups in total. The summed E-state index contributed by atoms with van der Waals surface area (Å²) in [7, 11) is 0. The van der Waals surface area contributed by atoms with Crippen LogP contribution in [0.4, 0.5) is 5.82 Å². The van der Waals surface area contributed by atoms with Gasteiger partial charge in [-0.3, -0.25) is 4.79 Å². The van der Waals surface area contributed by atoms with Gasteiger partial charge in [0.2, 0.25) is 17.6 Å². The van der Waals surface area contributed by atoms with E-state index in [2.05, 4.69) is 20.0 Å². The first-order chi connectivity index (χ1) is 14.8. The SMILES string of the molecule is O=C(CCC1CCCCC1)N1CCN(c2ccc(-c3noc(C4CC4)n3)cn2)CC1. The second-order valence-corrected chi connectivity index (χ2v) is 9.05. The average molecular weight is 410 g/mol. The molecule has 7 heteroatoms. The first kappa shape index (κ1) is 19.5. The van der Waals surface area contributed by atoms with Crippen LogP contribution in [0.15, 0.2) is 22.9 Å². The molecule has 30 heavy (non-hydrogen) atoms. The maximum absolute atomic E-state index is 12.6. The van der Waals surface area contributed by atoms with Gasteiger partial charge in [0.25, 0.3) is 0 Å². The highest BCUT2D eigenvalue weighted by molar-refractivity contribution is 5.76. The van der Waals surface area contributed by atoms with Crippen molar-refractivity contribution in [2.24, 2.45) is 5.92 Å². The van der Waals surface area contributed by atoms with Crippen molar-refractivity contribution in [1.29, 1.82) is 0 Å². The highest BCUT2D eigenvalue weighted by Gasteiger charge is 2.30. The number of pyridine rings is 1. The maximum Gasteiger partial charge on any atom is 0.230 e. The molecule has 0 spiro atoms. The lowest BCUT2D eigenvalue weighted by molar-refractivity contribution is -0.131. The third kappa shape index (κ3) is 4.50. The van der Waals surface area contributed by atoms with E-state index in [1.54, 1.807) is 0 Å². The number of carbonyl (C=O) groups is 1. The minimum absolute atomic E-state index is 0.326. The summed E-state index contributed by atoms with van der Waals surface area (Å²) in [4.78, 5) is 26.0. The Morgan fingerprint density at radius 3 is 2.53 bits per heavy atom. The van der Waals surface area contributed by atoms with Gasteiger partial charge in [-0.2, -0.15) is 4.98 Å². The number of piperazine rings is 1. The highest BCUT2D eigenvalue weighted by atomic mass is 16.5. The normalized spacial score (nSPS) is 20.5. The van der Waals surface area contributed by atoms with Crippen molar-refractivity contribution in [3.05, 3.63) is 24.2 Å². The predicted octanol–water partition coefficient (Wildman–Crippen LogP) is 4.02. The van der Waals surface area contributed by atoms with E-state index in [4.69, 9.17) is 4.52 Å². The zero-order valence-corrected chi connectivity index (χ0v) is 17.6. The van der Waals surface area contributed by atoms with Gasteiger partial charge in [-0.1, -0.05) is 37.3 Å². The summed E-state index contributed by atoms with van der Waals surface area (Å²) in [5.74, 6) is 3.86. The van der Waals surface area contributed by atoms with Crippen molar-refractivity contribution in [3.8, 4) is 11.4 Å². The third-order valence-electron chi connectivity index (χ3n) is 6.82. The highest BCUT2D eigenvalue weighted by Crippen LogP contribution is 2.39. The van der Waals surface area contributed by atoms with Gasteiger partial charge < -0.3 is 14.3 Å². The fourth-order valence-electron chi connectivity index (χ4n) is 4.70. The number of nitrogens with zero attached hydrogens (tertiary/aromatic N) is 5. The third-order valence-corrected chi connectivity index (χ3v) is 6.82. The molecule has 2 aliphatic carbocycles. The molecule has 0 bridgehead atoms. The maximum atomic E-state index is 12.6. The minimum Gasteiger partial charge on any atom is -0.353 e. The van der Waals surface area contributed by atoms with Crippen LogP contribution in [-0.4, -0.2) is 52.1 Å². The topological polar surface area (TPSA) is 75.4 Å². The first-order valence-corrected chi connectivity index (χ1v) is 11.6. The lowest BCUT2D eigenvalue weighted by Crippen LogP contribution is -2.49. The van der Waals surface area contributed by atoms with Crippen LogP contribution in [0.3, 0.4) is 0 Å². The molecule has 3 aliphatic rings. The van der Waals surface area contributed by atoms with Crippen molar-refractivity contribution in [2.45, 2.75) is 63.7 Å². The van der Waals surface area contributed by atoms with E-state index in [-0.39, 0.29) is 0 Å². The summed E-state index contributed by atoms with van der Waals surface area (Å²) >= 11 is 0. The van der Waals surface area contributed by atoms with E-state index in [1.165, 1.54) is 32.1 Å². The van der Waals surface area contributed by atoms with Gasteiger partial charge in [0.05, 0.1) is 0 Å². The molecule has 3 heterocycles. The molecule has 2 aromatic rings. The molecule has 1 saturated heterocycles.